The van der Waals surface area contributed by atoms with Gasteiger partial charge in [0.25, 0.3) is 0 Å². The third kappa shape index (κ3) is 9.68. The Morgan fingerprint density at radius 3 is 2.12 bits per heavy atom. The normalized spacial score (nSPS) is 36.7. The Morgan fingerprint density at radius 1 is 0.812 bits per heavy atom. The smallest absolute Gasteiger partial charge is 0.303 e. The predicted molar refractivity (Wildman–Crippen MR) is 195 cm³/mol. The van der Waals surface area contributed by atoms with Gasteiger partial charge in [-0.2, -0.15) is 0 Å². The summed E-state index contributed by atoms with van der Waals surface area (Å²) in [6.07, 6.45) is 28.3. The van der Waals surface area contributed by atoms with Crippen LogP contribution in [0, 0.1) is 46.3 Å². The Balaban J connectivity index is 1.16. The number of rotatable bonds is 20. The molecule has 4 N–H and O–H groups in total. The number of aliphatic carboxylic acids is 1. The molecule has 1 amide bonds. The van der Waals surface area contributed by atoms with Crippen molar-refractivity contribution in [2.24, 2.45) is 46.3 Å². The molecule has 6 nitrogen and oxygen atoms in total. The third-order valence-corrected chi connectivity index (χ3v) is 14.4. The number of allylic oxidation sites excluding steroid dienone is 2. The van der Waals surface area contributed by atoms with Crippen LogP contribution in [0.1, 0.15) is 175 Å². The van der Waals surface area contributed by atoms with Crippen molar-refractivity contribution in [1.82, 2.24) is 5.32 Å². The summed E-state index contributed by atoms with van der Waals surface area (Å²) in [6, 6.07) is 0.187. The van der Waals surface area contributed by atoms with Gasteiger partial charge in [-0.05, 0) is 130 Å². The first kappa shape index (κ1) is 39.4. The average molecular weight is 672 g/mol. The van der Waals surface area contributed by atoms with Gasteiger partial charge < -0.3 is 20.6 Å². The van der Waals surface area contributed by atoms with Crippen LogP contribution < -0.4 is 5.32 Å². The molecule has 4 unspecified atom stereocenters. The minimum Gasteiger partial charge on any atom is -0.481 e. The Kier molecular flexibility index (Phi) is 15.4. The van der Waals surface area contributed by atoms with Crippen molar-refractivity contribution in [1.29, 1.82) is 0 Å². The Bertz CT molecular complexity index is 1030. The lowest BCUT2D eigenvalue weighted by molar-refractivity contribution is -0.202. The number of fused-ring (bicyclic) bond motifs is 5. The molecule has 6 heteroatoms. The topological polar surface area (TPSA) is 107 Å². The van der Waals surface area contributed by atoms with Crippen molar-refractivity contribution in [3.8, 4) is 0 Å². The molecule has 11 atom stereocenters. The van der Waals surface area contributed by atoms with Gasteiger partial charge in [0.1, 0.15) is 0 Å². The summed E-state index contributed by atoms with van der Waals surface area (Å²) in [4.78, 5) is 24.2. The van der Waals surface area contributed by atoms with E-state index in [0.717, 1.165) is 57.8 Å². The molecule has 4 rings (SSSR count). The lowest BCUT2D eigenvalue weighted by Crippen LogP contribution is -2.63. The fraction of sp³-hybridized carbons (Fsp3) is 0.905. The Hall–Kier alpha value is -1.40. The van der Waals surface area contributed by atoms with Gasteiger partial charge in [-0.15, -0.1) is 0 Å². The molecule has 0 heterocycles. The quantitative estimate of drug-likeness (QED) is 0.0762. The van der Waals surface area contributed by atoms with Crippen LogP contribution in [0.25, 0.3) is 0 Å². The van der Waals surface area contributed by atoms with Crippen molar-refractivity contribution in [3.63, 3.8) is 0 Å². The van der Waals surface area contributed by atoms with Crippen LogP contribution in [0.15, 0.2) is 12.2 Å². The number of hydrogen-bond acceptors (Lipinski definition) is 4. The van der Waals surface area contributed by atoms with E-state index in [4.69, 9.17) is 0 Å². The van der Waals surface area contributed by atoms with E-state index in [1.807, 2.05) is 0 Å². The summed E-state index contributed by atoms with van der Waals surface area (Å²) in [6.45, 7) is 9.10. The summed E-state index contributed by atoms with van der Waals surface area (Å²) in [7, 11) is 0. The highest BCUT2D eigenvalue weighted by Crippen LogP contribution is 2.68. The molecule has 4 saturated carbocycles. The first-order valence-corrected chi connectivity index (χ1v) is 20.5. The summed E-state index contributed by atoms with van der Waals surface area (Å²) in [5.41, 5.74) is -0.192. The van der Waals surface area contributed by atoms with E-state index in [-0.39, 0.29) is 53.1 Å². The summed E-state index contributed by atoms with van der Waals surface area (Å²) < 4.78 is 0. The van der Waals surface area contributed by atoms with Crippen LogP contribution in [0.3, 0.4) is 0 Å². The molecule has 0 spiro atoms. The van der Waals surface area contributed by atoms with Crippen molar-refractivity contribution in [3.05, 3.63) is 12.2 Å². The van der Waals surface area contributed by atoms with E-state index < -0.39 is 12.1 Å². The second-order valence-corrected chi connectivity index (χ2v) is 17.4. The zero-order valence-electron chi connectivity index (χ0n) is 31.3. The second kappa shape index (κ2) is 18.7. The number of carboxylic acid groups (broad SMARTS) is 1. The number of nitrogens with one attached hydrogen (secondary N) is 1. The van der Waals surface area contributed by atoms with Gasteiger partial charge in [-0.3, -0.25) is 9.59 Å². The first-order chi connectivity index (χ1) is 23.0. The molecule has 4 aliphatic rings. The van der Waals surface area contributed by atoms with E-state index in [2.05, 4.69) is 45.2 Å². The summed E-state index contributed by atoms with van der Waals surface area (Å²) in [5.74, 6) is 1.11. The number of aliphatic hydroxyl groups is 2. The molecular weight excluding hydrogens is 598 g/mol. The fourth-order valence-corrected chi connectivity index (χ4v) is 11.5. The number of aliphatic hydroxyl groups excluding tert-OH is 2. The zero-order valence-corrected chi connectivity index (χ0v) is 31.3. The molecular formula is C42H73NO5. The molecule has 0 aromatic heterocycles. The first-order valence-electron chi connectivity index (χ1n) is 20.5. The molecule has 4 fully saturated rings. The number of hydrogen-bond donors (Lipinski definition) is 4. The predicted octanol–water partition coefficient (Wildman–Crippen LogP) is 9.61. The van der Waals surface area contributed by atoms with Crippen molar-refractivity contribution < 1.29 is 24.9 Å². The van der Waals surface area contributed by atoms with E-state index in [1.165, 1.54) is 70.6 Å². The maximum Gasteiger partial charge on any atom is 0.303 e. The molecule has 0 radical (unpaired) electrons. The third-order valence-electron chi connectivity index (χ3n) is 14.4. The van der Waals surface area contributed by atoms with Crippen LogP contribution in [0.4, 0.5) is 0 Å². The zero-order chi connectivity index (χ0) is 34.7. The van der Waals surface area contributed by atoms with Crippen LogP contribution in [-0.4, -0.2) is 45.4 Å². The van der Waals surface area contributed by atoms with Gasteiger partial charge in [-0.25, -0.2) is 0 Å². The van der Waals surface area contributed by atoms with E-state index >= 15 is 0 Å². The lowest BCUT2D eigenvalue weighted by atomic mass is 9.43. The second-order valence-electron chi connectivity index (χ2n) is 17.4. The Morgan fingerprint density at radius 2 is 1.46 bits per heavy atom. The summed E-state index contributed by atoms with van der Waals surface area (Å²) >= 11 is 0. The van der Waals surface area contributed by atoms with Gasteiger partial charge in [-0.1, -0.05) is 91.2 Å². The van der Waals surface area contributed by atoms with Gasteiger partial charge >= 0.3 is 5.97 Å². The van der Waals surface area contributed by atoms with Crippen LogP contribution in [-0.2, 0) is 9.59 Å². The average Bonchev–Trinajstić information content (AvgIpc) is 3.41. The lowest BCUT2D eigenvalue weighted by Gasteiger charge is -2.63. The monoisotopic (exact) mass is 672 g/mol. The molecule has 0 saturated heterocycles. The minimum absolute atomic E-state index is 0.0733. The maximum atomic E-state index is 12.9. The number of amides is 1. The van der Waals surface area contributed by atoms with E-state index in [0.29, 0.717) is 30.6 Å². The van der Waals surface area contributed by atoms with Gasteiger partial charge in [0.15, 0.2) is 0 Å². The largest absolute Gasteiger partial charge is 0.481 e. The van der Waals surface area contributed by atoms with Crippen molar-refractivity contribution in [2.45, 2.75) is 194 Å². The number of carbonyl (C=O) groups excluding carboxylic acids is 1. The molecule has 276 valence electrons. The van der Waals surface area contributed by atoms with Crippen LogP contribution in [0.5, 0.6) is 0 Å². The van der Waals surface area contributed by atoms with E-state index in [9.17, 15) is 24.9 Å². The van der Waals surface area contributed by atoms with Gasteiger partial charge in [0.05, 0.1) is 12.2 Å². The van der Waals surface area contributed by atoms with E-state index in [1.54, 1.807) is 0 Å². The standard InChI is InChI=1S/C42H73NO5/c1-5-6-7-8-9-10-11-12-13-14-15-16-17-18-19-20-38(46)43-32-25-26-41(3)31(27-32)28-36(44)40-34-23-22-33(30(2)21-24-39(47)48)42(34,4)37(45)29-35(40)41/h12-13,30-37,40,44-45H,5-11,14-29H2,1-4H3,(H,43,46)(H,47,48)/b13-12-/t30-,31?,32+,33-,34?,35?,36-,37+,40?,41+,42-/m1/s1. The Labute approximate surface area is 293 Å². The van der Waals surface area contributed by atoms with Crippen molar-refractivity contribution >= 4 is 11.9 Å². The number of unbranched alkanes of at least 4 members (excludes halogenated alkanes) is 11. The fourth-order valence-electron chi connectivity index (χ4n) is 11.5. The maximum absolute atomic E-state index is 12.9. The van der Waals surface area contributed by atoms with Crippen molar-refractivity contribution in [2.75, 3.05) is 0 Å². The van der Waals surface area contributed by atoms with Gasteiger partial charge in [0.2, 0.25) is 5.91 Å². The molecule has 0 aromatic rings. The van der Waals surface area contributed by atoms with Gasteiger partial charge in [0, 0.05) is 18.9 Å². The highest BCUT2D eigenvalue weighted by molar-refractivity contribution is 5.76. The summed E-state index contributed by atoms with van der Waals surface area (Å²) in [5, 5.41) is 36.2. The van der Waals surface area contributed by atoms with Crippen LogP contribution >= 0.6 is 0 Å². The SMILES string of the molecule is CCCCCCCC/C=C\CCCCCCCC(=O)N[C@H]1CC[C@@]2(C)C(C1)C[C@@H](O)C1C2C[C@H](O)[C@@]2(C)C1CC[C@@H]2[C@H](C)CCC(=O)O. The van der Waals surface area contributed by atoms with Crippen LogP contribution in [0.2, 0.25) is 0 Å². The molecule has 0 bridgehead atoms. The molecule has 48 heavy (non-hydrogen) atoms. The number of carbonyl (C=O) groups is 2. The highest BCUT2D eigenvalue weighted by Gasteiger charge is 2.65. The molecule has 0 aliphatic heterocycles. The molecule has 4 aliphatic carbocycles. The highest BCUT2D eigenvalue weighted by atomic mass is 16.4. The minimum atomic E-state index is -0.748. The number of carboxylic acids is 1. The molecule has 0 aromatic carbocycles.